The molecule has 3 atom stereocenters. The summed E-state index contributed by atoms with van der Waals surface area (Å²) in [4.78, 5) is 27.3. The highest BCUT2D eigenvalue weighted by Gasteiger charge is 2.48. The molecule has 1 aliphatic carbocycles. The normalized spacial score (nSPS) is 22.8. The molecule has 2 aliphatic rings. The van der Waals surface area contributed by atoms with Crippen LogP contribution in [-0.4, -0.2) is 44.4 Å². The van der Waals surface area contributed by atoms with Crippen LogP contribution in [0.5, 0.6) is 0 Å². The zero-order valence-electron chi connectivity index (χ0n) is 17.7. The van der Waals surface area contributed by atoms with Gasteiger partial charge in [0.05, 0.1) is 12.0 Å². The number of methoxy groups -OCH3 is 1. The summed E-state index contributed by atoms with van der Waals surface area (Å²) >= 11 is 0. The minimum absolute atomic E-state index is 0.0111. The van der Waals surface area contributed by atoms with Crippen LogP contribution < -0.4 is 4.72 Å². The van der Waals surface area contributed by atoms with Crippen molar-refractivity contribution in [3.63, 3.8) is 0 Å². The monoisotopic (exact) mass is 460 g/mol. The lowest BCUT2D eigenvalue weighted by Crippen LogP contribution is -2.46. The van der Waals surface area contributed by atoms with Crippen molar-refractivity contribution in [1.29, 1.82) is 0 Å². The van der Waals surface area contributed by atoms with E-state index in [2.05, 4.69) is 4.72 Å². The van der Waals surface area contributed by atoms with Crippen LogP contribution in [0.3, 0.4) is 0 Å². The van der Waals surface area contributed by atoms with Crippen LogP contribution in [0.2, 0.25) is 0 Å². The van der Waals surface area contributed by atoms with Crippen molar-refractivity contribution in [1.82, 2.24) is 4.90 Å². The first-order chi connectivity index (χ1) is 15.3. The average molecular weight is 461 g/mol. The molecule has 1 N–H and O–H groups in total. The minimum atomic E-state index is -3.89. The lowest BCUT2D eigenvalue weighted by molar-refractivity contribution is -0.145. The Labute approximate surface area is 186 Å². The van der Waals surface area contributed by atoms with Crippen molar-refractivity contribution in [2.24, 2.45) is 5.92 Å². The highest BCUT2D eigenvalue weighted by molar-refractivity contribution is 7.92. The number of hydrogen-bond acceptors (Lipinski definition) is 5. The Morgan fingerprint density at radius 2 is 1.69 bits per heavy atom. The van der Waals surface area contributed by atoms with Gasteiger partial charge in [0.15, 0.2) is 0 Å². The molecule has 2 fully saturated rings. The second-order valence-corrected chi connectivity index (χ2v) is 9.92. The number of benzene rings is 2. The van der Waals surface area contributed by atoms with E-state index >= 15 is 0 Å². The molecule has 0 aromatic heterocycles. The number of sulfonamides is 1. The first kappa shape index (κ1) is 22.3. The van der Waals surface area contributed by atoms with Gasteiger partial charge in [0.1, 0.15) is 11.9 Å². The zero-order chi connectivity index (χ0) is 22.9. The lowest BCUT2D eigenvalue weighted by Gasteiger charge is -2.33. The highest BCUT2D eigenvalue weighted by Crippen LogP contribution is 2.40. The average Bonchev–Trinajstić information content (AvgIpc) is 3.18. The van der Waals surface area contributed by atoms with Crippen LogP contribution in [0.4, 0.5) is 10.1 Å². The van der Waals surface area contributed by atoms with Gasteiger partial charge in [0.2, 0.25) is 0 Å². The lowest BCUT2D eigenvalue weighted by atomic mass is 9.84. The largest absolute Gasteiger partial charge is 0.467 e. The Balaban J connectivity index is 1.53. The van der Waals surface area contributed by atoms with Crippen LogP contribution in [0.15, 0.2) is 53.4 Å². The number of halogens is 1. The molecule has 1 saturated heterocycles. The van der Waals surface area contributed by atoms with E-state index in [1.54, 1.807) is 4.90 Å². The number of likely N-dealkylation sites (tertiary alicyclic amines) is 1. The molecule has 2 aromatic carbocycles. The number of nitrogens with zero attached hydrogens (tertiary/aromatic N) is 1. The molecule has 32 heavy (non-hydrogen) atoms. The third-order valence-corrected chi connectivity index (χ3v) is 7.70. The Kier molecular flexibility index (Phi) is 6.19. The molecule has 1 aliphatic heterocycles. The van der Waals surface area contributed by atoms with Crippen LogP contribution in [-0.2, 0) is 19.6 Å². The topological polar surface area (TPSA) is 92.8 Å². The Hall–Kier alpha value is -2.94. The fourth-order valence-corrected chi connectivity index (χ4v) is 5.82. The Bertz CT molecular complexity index is 1100. The summed E-state index contributed by atoms with van der Waals surface area (Å²) in [7, 11) is -2.56. The predicted octanol–water partition coefficient (Wildman–Crippen LogP) is 3.57. The first-order valence-corrected chi connectivity index (χ1v) is 12.1. The van der Waals surface area contributed by atoms with Gasteiger partial charge in [0.25, 0.3) is 15.9 Å². The predicted molar refractivity (Wildman–Crippen MR) is 116 cm³/mol. The molecule has 170 valence electrons. The quantitative estimate of drug-likeness (QED) is 0.689. The first-order valence-electron chi connectivity index (χ1n) is 10.6. The minimum Gasteiger partial charge on any atom is -0.467 e. The molecular weight excluding hydrogens is 435 g/mol. The van der Waals surface area contributed by atoms with Crippen LogP contribution in [0.25, 0.3) is 0 Å². The van der Waals surface area contributed by atoms with E-state index in [0.717, 1.165) is 37.8 Å². The van der Waals surface area contributed by atoms with E-state index in [0.29, 0.717) is 17.9 Å². The van der Waals surface area contributed by atoms with E-state index in [9.17, 15) is 22.4 Å². The molecule has 7 nitrogen and oxygen atoms in total. The van der Waals surface area contributed by atoms with Crippen LogP contribution in [0, 0.1) is 11.7 Å². The summed E-state index contributed by atoms with van der Waals surface area (Å²) in [6, 6.07) is 9.98. The maximum absolute atomic E-state index is 13.3. The number of carbonyl (C=O) groups is 2. The standard InChI is InChI=1S/C23H25FN2O5S/c1-31-23(28)21-14-16-4-2-3-5-20(16)26(21)22(27)15-6-10-18(11-7-15)25-32(29,30)19-12-8-17(24)9-13-19/h6-13,16,20-21,25H,2-5,14H2,1H3. The number of rotatable bonds is 5. The number of fused-ring (bicyclic) bond motifs is 1. The second-order valence-electron chi connectivity index (χ2n) is 8.24. The van der Waals surface area contributed by atoms with Gasteiger partial charge in [-0.15, -0.1) is 0 Å². The Morgan fingerprint density at radius 1 is 1.03 bits per heavy atom. The number of esters is 1. The number of hydrogen-bond donors (Lipinski definition) is 1. The molecule has 0 spiro atoms. The van der Waals surface area contributed by atoms with Gasteiger partial charge in [-0.2, -0.15) is 0 Å². The molecule has 1 saturated carbocycles. The van der Waals surface area contributed by atoms with E-state index in [4.69, 9.17) is 4.74 Å². The van der Waals surface area contributed by atoms with Gasteiger partial charge in [0, 0.05) is 17.3 Å². The number of carbonyl (C=O) groups excluding carboxylic acids is 2. The molecular formula is C23H25FN2O5S. The number of ether oxygens (including phenoxy) is 1. The molecule has 4 rings (SSSR count). The molecule has 2 aromatic rings. The van der Waals surface area contributed by atoms with Crippen LogP contribution >= 0.6 is 0 Å². The van der Waals surface area contributed by atoms with Gasteiger partial charge in [-0.25, -0.2) is 17.6 Å². The molecule has 0 bridgehead atoms. The SMILES string of the molecule is COC(=O)C1CC2CCCCC2N1C(=O)c1ccc(NS(=O)(=O)c2ccc(F)cc2)cc1. The fraction of sp³-hybridized carbons (Fsp3) is 0.391. The van der Waals surface area contributed by atoms with Gasteiger partial charge in [-0.1, -0.05) is 12.8 Å². The number of nitrogens with one attached hydrogen (secondary N) is 1. The molecule has 9 heteroatoms. The number of amides is 1. The maximum Gasteiger partial charge on any atom is 0.328 e. The van der Waals surface area contributed by atoms with Gasteiger partial charge in [-0.3, -0.25) is 9.52 Å². The smallest absolute Gasteiger partial charge is 0.328 e. The van der Waals surface area contributed by atoms with Gasteiger partial charge in [-0.05, 0) is 73.7 Å². The number of anilines is 1. The third kappa shape index (κ3) is 4.34. The molecule has 0 radical (unpaired) electrons. The fourth-order valence-electron chi connectivity index (χ4n) is 4.76. The van der Waals surface area contributed by atoms with Crippen molar-refractivity contribution in [2.75, 3.05) is 11.8 Å². The Morgan fingerprint density at radius 3 is 2.34 bits per heavy atom. The van der Waals surface area contributed by atoms with Crippen molar-refractivity contribution in [2.45, 2.75) is 49.1 Å². The van der Waals surface area contributed by atoms with E-state index in [-0.39, 0.29) is 22.5 Å². The summed E-state index contributed by atoms with van der Waals surface area (Å²) in [6.45, 7) is 0. The van der Waals surface area contributed by atoms with E-state index < -0.39 is 27.9 Å². The second kappa shape index (κ2) is 8.90. The van der Waals surface area contributed by atoms with Crippen LogP contribution in [0.1, 0.15) is 42.5 Å². The highest BCUT2D eigenvalue weighted by atomic mass is 32.2. The van der Waals surface area contributed by atoms with Crippen molar-refractivity contribution < 1.29 is 27.1 Å². The van der Waals surface area contributed by atoms with Crippen molar-refractivity contribution in [3.05, 3.63) is 59.9 Å². The summed E-state index contributed by atoms with van der Waals surface area (Å²) < 4.78 is 45.4. The maximum atomic E-state index is 13.3. The molecule has 3 unspecified atom stereocenters. The van der Waals surface area contributed by atoms with Crippen molar-refractivity contribution in [3.8, 4) is 0 Å². The molecule has 1 heterocycles. The van der Waals surface area contributed by atoms with E-state index in [1.165, 1.54) is 43.5 Å². The summed E-state index contributed by atoms with van der Waals surface area (Å²) in [6.07, 6.45) is 4.58. The van der Waals surface area contributed by atoms with Crippen molar-refractivity contribution >= 4 is 27.6 Å². The molecule has 1 amide bonds. The summed E-state index contributed by atoms with van der Waals surface area (Å²) in [5, 5.41) is 0. The summed E-state index contributed by atoms with van der Waals surface area (Å²) in [5.41, 5.74) is 0.641. The summed E-state index contributed by atoms with van der Waals surface area (Å²) in [5.74, 6) is -0.906. The third-order valence-electron chi connectivity index (χ3n) is 6.30. The van der Waals surface area contributed by atoms with Gasteiger partial charge >= 0.3 is 5.97 Å². The van der Waals surface area contributed by atoms with Gasteiger partial charge < -0.3 is 9.64 Å². The van der Waals surface area contributed by atoms with E-state index in [1.807, 2.05) is 0 Å². The zero-order valence-corrected chi connectivity index (χ0v) is 18.5.